The molecule has 1 heterocycles. The van der Waals surface area contributed by atoms with Crippen molar-refractivity contribution in [2.45, 2.75) is 0 Å². The van der Waals surface area contributed by atoms with Gasteiger partial charge in [-0.25, -0.2) is 0 Å². The summed E-state index contributed by atoms with van der Waals surface area (Å²) in [5, 5.41) is 5.28. The number of hydrogen-bond donors (Lipinski definition) is 1. The van der Waals surface area contributed by atoms with Crippen molar-refractivity contribution in [3.63, 3.8) is 0 Å². The van der Waals surface area contributed by atoms with E-state index in [9.17, 15) is 9.59 Å². The minimum Gasteiger partial charge on any atom is -0.482 e. The van der Waals surface area contributed by atoms with Gasteiger partial charge in [-0.3, -0.25) is 14.5 Å². The number of benzene rings is 3. The quantitative estimate of drug-likeness (QED) is 0.640. The Morgan fingerprint density at radius 3 is 2.74 bits per heavy atom. The lowest BCUT2D eigenvalue weighted by Crippen LogP contribution is -2.43. The summed E-state index contributed by atoms with van der Waals surface area (Å²) in [4.78, 5) is 26.3. The number of nitrogens with zero attached hydrogens (tertiary/aromatic N) is 1. The number of carbonyl (C=O) groups is 2. The van der Waals surface area contributed by atoms with E-state index in [0.29, 0.717) is 22.1 Å². The van der Waals surface area contributed by atoms with Gasteiger partial charge in [0.2, 0.25) is 5.91 Å². The van der Waals surface area contributed by atoms with Crippen molar-refractivity contribution in [3.05, 3.63) is 64.1 Å². The smallest absolute Gasteiger partial charge is 0.265 e. The van der Waals surface area contributed by atoms with Crippen LogP contribution in [0.4, 0.5) is 11.4 Å². The maximum absolute atomic E-state index is 12.7. The Morgan fingerprint density at radius 1 is 1.15 bits per heavy atom. The number of amides is 2. The summed E-state index contributed by atoms with van der Waals surface area (Å²) in [6.07, 6.45) is 0. The molecule has 136 valence electrons. The van der Waals surface area contributed by atoms with Crippen molar-refractivity contribution in [3.8, 4) is 5.75 Å². The first-order chi connectivity index (χ1) is 13.0. The molecule has 0 atom stereocenters. The van der Waals surface area contributed by atoms with Crippen LogP contribution in [0, 0.1) is 0 Å². The highest BCUT2D eigenvalue weighted by molar-refractivity contribution is 9.10. The van der Waals surface area contributed by atoms with Crippen LogP contribution in [-0.2, 0) is 9.59 Å². The summed E-state index contributed by atoms with van der Waals surface area (Å²) < 4.78 is 6.35. The minimum absolute atomic E-state index is 0.108. The van der Waals surface area contributed by atoms with Crippen molar-refractivity contribution in [1.29, 1.82) is 0 Å². The Hall–Kier alpha value is -2.57. The summed E-state index contributed by atoms with van der Waals surface area (Å²) in [6.45, 7) is -0.233. The summed E-state index contributed by atoms with van der Waals surface area (Å²) in [6, 6.07) is 16.5. The minimum atomic E-state index is -0.302. The fourth-order valence-corrected chi connectivity index (χ4v) is 3.70. The van der Waals surface area contributed by atoms with E-state index in [2.05, 4.69) is 21.2 Å². The molecule has 0 unspecified atom stereocenters. The van der Waals surface area contributed by atoms with Crippen LogP contribution in [0.15, 0.2) is 59.1 Å². The zero-order valence-corrected chi connectivity index (χ0v) is 16.4. The fourth-order valence-electron chi connectivity index (χ4n) is 3.05. The SMILES string of the molecule is O=C(CN1C(=O)COc2ccc(Cl)cc21)Nc1ccc(Br)c2ccccc12. The predicted octanol–water partition coefficient (Wildman–Crippen LogP) is 4.62. The van der Waals surface area contributed by atoms with E-state index in [1.807, 2.05) is 36.4 Å². The molecule has 0 saturated heterocycles. The topological polar surface area (TPSA) is 58.6 Å². The van der Waals surface area contributed by atoms with Gasteiger partial charge < -0.3 is 10.1 Å². The molecule has 3 aromatic rings. The second-order valence-corrected chi connectivity index (χ2v) is 7.36. The number of fused-ring (bicyclic) bond motifs is 2. The molecule has 1 N–H and O–H groups in total. The monoisotopic (exact) mass is 444 g/mol. The largest absolute Gasteiger partial charge is 0.482 e. The first kappa shape index (κ1) is 17.8. The zero-order chi connectivity index (χ0) is 19.0. The number of anilines is 2. The molecule has 0 aliphatic carbocycles. The molecule has 0 fully saturated rings. The molecule has 1 aliphatic rings. The molecule has 2 amide bonds. The molecule has 0 bridgehead atoms. The van der Waals surface area contributed by atoms with E-state index in [-0.39, 0.29) is 25.0 Å². The number of carbonyl (C=O) groups excluding carboxylic acids is 2. The lowest BCUT2D eigenvalue weighted by atomic mass is 10.1. The molecule has 0 saturated carbocycles. The van der Waals surface area contributed by atoms with Crippen LogP contribution >= 0.6 is 27.5 Å². The normalized spacial score (nSPS) is 13.3. The molecule has 27 heavy (non-hydrogen) atoms. The highest BCUT2D eigenvalue weighted by Gasteiger charge is 2.27. The number of nitrogens with one attached hydrogen (secondary N) is 1. The third kappa shape index (κ3) is 3.50. The first-order valence-electron chi connectivity index (χ1n) is 8.23. The van der Waals surface area contributed by atoms with E-state index in [0.717, 1.165) is 15.2 Å². The Labute approximate surface area is 169 Å². The molecular weight excluding hydrogens is 432 g/mol. The average molecular weight is 446 g/mol. The van der Waals surface area contributed by atoms with Crippen molar-refractivity contribution in [2.24, 2.45) is 0 Å². The van der Waals surface area contributed by atoms with E-state index >= 15 is 0 Å². The van der Waals surface area contributed by atoms with Crippen molar-refractivity contribution in [1.82, 2.24) is 0 Å². The number of ether oxygens (including phenoxy) is 1. The van der Waals surface area contributed by atoms with Crippen LogP contribution in [0.2, 0.25) is 5.02 Å². The lowest BCUT2D eigenvalue weighted by Gasteiger charge is -2.29. The second kappa shape index (κ2) is 7.21. The van der Waals surface area contributed by atoms with Gasteiger partial charge in [-0.15, -0.1) is 0 Å². The molecule has 0 radical (unpaired) electrons. The van der Waals surface area contributed by atoms with Gasteiger partial charge in [-0.2, -0.15) is 0 Å². The molecule has 4 rings (SSSR count). The van der Waals surface area contributed by atoms with Gasteiger partial charge in [-0.1, -0.05) is 51.8 Å². The third-order valence-corrected chi connectivity index (χ3v) is 5.24. The average Bonchev–Trinajstić information content (AvgIpc) is 2.67. The third-order valence-electron chi connectivity index (χ3n) is 4.31. The van der Waals surface area contributed by atoms with Gasteiger partial charge in [0.25, 0.3) is 5.91 Å². The number of halogens is 2. The van der Waals surface area contributed by atoms with Crippen molar-refractivity contribution < 1.29 is 14.3 Å². The molecule has 5 nitrogen and oxygen atoms in total. The second-order valence-electron chi connectivity index (χ2n) is 6.07. The number of rotatable bonds is 3. The molecule has 0 spiro atoms. The van der Waals surface area contributed by atoms with E-state index in [4.69, 9.17) is 16.3 Å². The molecule has 0 aromatic heterocycles. The van der Waals surface area contributed by atoms with Crippen LogP contribution in [0.25, 0.3) is 10.8 Å². The Bertz CT molecular complexity index is 1070. The van der Waals surface area contributed by atoms with E-state index < -0.39 is 0 Å². The van der Waals surface area contributed by atoms with Crippen LogP contribution in [0.1, 0.15) is 0 Å². The first-order valence-corrected chi connectivity index (χ1v) is 9.40. The van der Waals surface area contributed by atoms with Gasteiger partial charge >= 0.3 is 0 Å². The van der Waals surface area contributed by atoms with Gasteiger partial charge in [0, 0.05) is 20.6 Å². The maximum Gasteiger partial charge on any atom is 0.265 e. The molecule has 3 aromatic carbocycles. The molecule has 1 aliphatic heterocycles. The summed E-state index contributed by atoms with van der Waals surface area (Å²) >= 11 is 9.56. The van der Waals surface area contributed by atoms with Crippen LogP contribution in [0.3, 0.4) is 0 Å². The van der Waals surface area contributed by atoms with Gasteiger partial charge in [0.1, 0.15) is 12.3 Å². The standard InChI is InChI=1S/C20H14BrClN2O3/c21-15-6-7-16(14-4-2-1-3-13(14)15)23-19(25)10-24-17-9-12(22)5-8-18(17)27-11-20(24)26/h1-9H,10-11H2,(H,23,25). The Morgan fingerprint density at radius 2 is 1.93 bits per heavy atom. The Kier molecular flexibility index (Phi) is 4.76. The van der Waals surface area contributed by atoms with Gasteiger partial charge in [-0.05, 0) is 35.7 Å². The van der Waals surface area contributed by atoms with Crippen molar-refractivity contribution in [2.75, 3.05) is 23.4 Å². The van der Waals surface area contributed by atoms with E-state index in [1.54, 1.807) is 18.2 Å². The summed E-state index contributed by atoms with van der Waals surface area (Å²) in [7, 11) is 0. The number of hydrogen-bond acceptors (Lipinski definition) is 3. The zero-order valence-electron chi connectivity index (χ0n) is 14.0. The van der Waals surface area contributed by atoms with Crippen molar-refractivity contribution >= 4 is 61.5 Å². The van der Waals surface area contributed by atoms with Crippen LogP contribution in [-0.4, -0.2) is 25.0 Å². The highest BCUT2D eigenvalue weighted by atomic mass is 79.9. The van der Waals surface area contributed by atoms with E-state index in [1.165, 1.54) is 4.90 Å². The van der Waals surface area contributed by atoms with Gasteiger partial charge in [0.15, 0.2) is 6.61 Å². The highest BCUT2D eigenvalue weighted by Crippen LogP contribution is 2.34. The molecular formula is C20H14BrClN2O3. The summed E-state index contributed by atoms with van der Waals surface area (Å²) in [5.74, 6) is -0.0647. The summed E-state index contributed by atoms with van der Waals surface area (Å²) in [5.41, 5.74) is 1.18. The Balaban J connectivity index is 1.60. The van der Waals surface area contributed by atoms with Gasteiger partial charge in [0.05, 0.1) is 5.69 Å². The fraction of sp³-hybridized carbons (Fsp3) is 0.100. The molecule has 7 heteroatoms. The predicted molar refractivity (Wildman–Crippen MR) is 110 cm³/mol. The van der Waals surface area contributed by atoms with Crippen LogP contribution < -0.4 is 15.0 Å². The maximum atomic E-state index is 12.7. The van der Waals surface area contributed by atoms with Crippen LogP contribution in [0.5, 0.6) is 5.75 Å². The lowest BCUT2D eigenvalue weighted by molar-refractivity contribution is -0.123.